The molecule has 0 unspecified atom stereocenters. The highest BCUT2D eigenvalue weighted by molar-refractivity contribution is 7.70. The number of hydrogen-bond acceptors (Lipinski definition) is 4. The van der Waals surface area contributed by atoms with Crippen molar-refractivity contribution in [3.05, 3.63) is 17.9 Å². The van der Waals surface area contributed by atoms with Gasteiger partial charge in [-0.1, -0.05) is 0 Å². The minimum atomic E-state index is -2.78. The first-order valence-corrected chi connectivity index (χ1v) is 8.98. The van der Waals surface area contributed by atoms with Crippen molar-refractivity contribution in [2.24, 2.45) is 0 Å². The molecule has 1 rings (SSSR count). The van der Waals surface area contributed by atoms with Gasteiger partial charge in [0.05, 0.1) is 18.1 Å². The molecule has 1 aromatic carbocycles. The minimum Gasteiger partial charge on any atom is -0.492 e. The molecule has 0 heterocycles. The zero-order valence-corrected chi connectivity index (χ0v) is 14.0. The van der Waals surface area contributed by atoms with E-state index in [2.05, 4.69) is 5.32 Å². The number of ether oxygens (including phenoxy) is 2. The normalized spacial score (nSPS) is 12.0. The number of amides is 1. The molecule has 118 valence electrons. The van der Waals surface area contributed by atoms with Gasteiger partial charge in [0.25, 0.3) is 0 Å². The molecule has 0 aliphatic rings. The van der Waals surface area contributed by atoms with E-state index in [9.17, 15) is 13.8 Å². The van der Waals surface area contributed by atoms with E-state index in [1.165, 1.54) is 32.6 Å². The summed E-state index contributed by atoms with van der Waals surface area (Å²) in [6.07, 6.45) is -0.718. The predicted octanol–water partition coefficient (Wildman–Crippen LogP) is 3.43. The Bertz CT molecular complexity index is 589. The van der Waals surface area contributed by atoms with E-state index in [0.29, 0.717) is 0 Å². The number of methoxy groups -OCH3 is 1. The summed E-state index contributed by atoms with van der Waals surface area (Å²) >= 11 is 0. The molecule has 0 atom stereocenters. The number of anilines is 1. The van der Waals surface area contributed by atoms with Crippen LogP contribution >= 0.6 is 7.14 Å². The zero-order valence-electron chi connectivity index (χ0n) is 13.1. The Balaban J connectivity index is 3.13. The van der Waals surface area contributed by atoms with Gasteiger partial charge in [0.2, 0.25) is 0 Å². The molecule has 0 fully saturated rings. The van der Waals surface area contributed by atoms with Crippen molar-refractivity contribution >= 4 is 24.2 Å². The van der Waals surface area contributed by atoms with Gasteiger partial charge < -0.3 is 14.0 Å². The molecule has 0 bridgehead atoms. The van der Waals surface area contributed by atoms with Gasteiger partial charge in [0.1, 0.15) is 12.7 Å². The molecule has 0 aromatic heterocycles. The van der Waals surface area contributed by atoms with E-state index < -0.39 is 24.7 Å². The van der Waals surface area contributed by atoms with Crippen LogP contribution in [0.4, 0.5) is 14.9 Å². The predicted molar refractivity (Wildman–Crippen MR) is 81.9 cm³/mol. The van der Waals surface area contributed by atoms with Crippen LogP contribution in [-0.2, 0) is 9.30 Å². The van der Waals surface area contributed by atoms with Crippen LogP contribution < -0.4 is 15.4 Å². The van der Waals surface area contributed by atoms with E-state index >= 15 is 0 Å². The number of hydrogen-bond donors (Lipinski definition) is 1. The SMILES string of the molecule is COc1c(NC(=O)OC(C)(C)C)ccc(P(C)(C)=O)c1F. The highest BCUT2D eigenvalue weighted by Gasteiger charge is 2.24. The van der Waals surface area contributed by atoms with Crippen LogP contribution in [0.25, 0.3) is 0 Å². The fraction of sp³-hybridized carbons (Fsp3) is 0.500. The van der Waals surface area contributed by atoms with Gasteiger partial charge in [-0.25, -0.2) is 9.18 Å². The maximum Gasteiger partial charge on any atom is 0.412 e. The first-order chi connectivity index (χ1) is 9.45. The highest BCUT2D eigenvalue weighted by Crippen LogP contribution is 2.39. The van der Waals surface area contributed by atoms with E-state index in [1.807, 2.05) is 0 Å². The van der Waals surface area contributed by atoms with Crippen molar-refractivity contribution in [3.63, 3.8) is 0 Å². The third kappa shape index (κ3) is 4.74. The maximum atomic E-state index is 14.3. The highest BCUT2D eigenvalue weighted by atomic mass is 31.2. The molecular weight excluding hydrogens is 296 g/mol. The van der Waals surface area contributed by atoms with Crippen LogP contribution in [0, 0.1) is 5.82 Å². The third-order valence-corrected chi connectivity index (χ3v) is 4.00. The second kappa shape index (κ2) is 6.06. The molecule has 0 spiro atoms. The molecule has 1 N–H and O–H groups in total. The quantitative estimate of drug-likeness (QED) is 0.868. The molecule has 5 nitrogen and oxygen atoms in total. The number of carbonyl (C=O) groups excluding carboxylic acids is 1. The topological polar surface area (TPSA) is 64.6 Å². The molecule has 21 heavy (non-hydrogen) atoms. The molecule has 1 amide bonds. The second-order valence-corrected chi connectivity index (χ2v) is 9.14. The molecule has 0 aliphatic heterocycles. The second-order valence-electron chi connectivity index (χ2n) is 5.96. The first-order valence-electron chi connectivity index (χ1n) is 6.38. The smallest absolute Gasteiger partial charge is 0.412 e. The van der Waals surface area contributed by atoms with Gasteiger partial charge in [0.15, 0.2) is 11.6 Å². The Kier molecular flexibility index (Phi) is 5.05. The number of halogens is 1. The lowest BCUT2D eigenvalue weighted by Gasteiger charge is -2.21. The summed E-state index contributed by atoms with van der Waals surface area (Å²) in [6.45, 7) is 8.09. The number of rotatable bonds is 3. The van der Waals surface area contributed by atoms with Crippen molar-refractivity contribution in [1.82, 2.24) is 0 Å². The number of carbonyl (C=O) groups is 1. The fourth-order valence-corrected chi connectivity index (χ4v) is 2.68. The Hall–Kier alpha value is -1.55. The Labute approximate surface area is 124 Å². The lowest BCUT2D eigenvalue weighted by molar-refractivity contribution is 0.0635. The largest absolute Gasteiger partial charge is 0.492 e. The van der Waals surface area contributed by atoms with Crippen LogP contribution in [0.5, 0.6) is 5.75 Å². The first kappa shape index (κ1) is 17.5. The summed E-state index contributed by atoms with van der Waals surface area (Å²) in [5.74, 6) is -0.901. The fourth-order valence-electron chi connectivity index (χ4n) is 1.67. The summed E-state index contributed by atoms with van der Waals surface area (Å²) in [7, 11) is -1.51. The zero-order chi connectivity index (χ0) is 16.4. The number of nitrogens with one attached hydrogen (secondary N) is 1. The lowest BCUT2D eigenvalue weighted by Crippen LogP contribution is -2.27. The average Bonchev–Trinajstić information content (AvgIpc) is 2.24. The van der Waals surface area contributed by atoms with Crippen LogP contribution in [0.15, 0.2) is 12.1 Å². The molecule has 0 radical (unpaired) electrons. The summed E-state index contributed by atoms with van der Waals surface area (Å²) in [5.41, 5.74) is -0.542. The Morgan fingerprint density at radius 3 is 2.29 bits per heavy atom. The maximum absolute atomic E-state index is 14.3. The molecular formula is C14H21FNO4P. The molecule has 0 saturated carbocycles. The average molecular weight is 317 g/mol. The van der Waals surface area contributed by atoms with Crippen molar-refractivity contribution in [3.8, 4) is 5.75 Å². The molecule has 0 saturated heterocycles. The molecule has 0 aliphatic carbocycles. The van der Waals surface area contributed by atoms with Crippen LogP contribution in [-0.4, -0.2) is 32.1 Å². The summed E-state index contributed by atoms with van der Waals surface area (Å²) in [6, 6.07) is 2.83. The van der Waals surface area contributed by atoms with E-state index in [4.69, 9.17) is 9.47 Å². The van der Waals surface area contributed by atoms with E-state index in [1.54, 1.807) is 20.8 Å². The van der Waals surface area contributed by atoms with Crippen LogP contribution in [0.3, 0.4) is 0 Å². The van der Waals surface area contributed by atoms with Gasteiger partial charge in [0, 0.05) is 0 Å². The Morgan fingerprint density at radius 2 is 1.86 bits per heavy atom. The minimum absolute atomic E-state index is 0.0779. The third-order valence-electron chi connectivity index (χ3n) is 2.50. The van der Waals surface area contributed by atoms with E-state index in [0.717, 1.165) is 0 Å². The molecule has 7 heteroatoms. The summed E-state index contributed by atoms with van der Waals surface area (Å²) in [4.78, 5) is 11.7. The summed E-state index contributed by atoms with van der Waals surface area (Å²) < 4.78 is 36.4. The number of benzene rings is 1. The van der Waals surface area contributed by atoms with E-state index in [-0.39, 0.29) is 16.7 Å². The van der Waals surface area contributed by atoms with Crippen molar-refractivity contribution < 1.29 is 23.2 Å². The molecule has 1 aromatic rings. The van der Waals surface area contributed by atoms with Gasteiger partial charge in [-0.3, -0.25) is 5.32 Å². The van der Waals surface area contributed by atoms with Crippen molar-refractivity contribution in [2.75, 3.05) is 25.8 Å². The van der Waals surface area contributed by atoms with Crippen molar-refractivity contribution in [1.29, 1.82) is 0 Å². The van der Waals surface area contributed by atoms with Crippen molar-refractivity contribution in [2.45, 2.75) is 26.4 Å². The van der Waals surface area contributed by atoms with Gasteiger partial charge >= 0.3 is 6.09 Å². The van der Waals surface area contributed by atoms with Gasteiger partial charge in [-0.15, -0.1) is 0 Å². The van der Waals surface area contributed by atoms with Crippen LogP contribution in [0.1, 0.15) is 20.8 Å². The van der Waals surface area contributed by atoms with Crippen LogP contribution in [0.2, 0.25) is 0 Å². The van der Waals surface area contributed by atoms with Gasteiger partial charge in [-0.05, 0) is 46.2 Å². The standard InChI is InChI=1S/C14H21FNO4P/c1-14(2,3)20-13(17)16-9-7-8-10(21(5,6)18)11(15)12(9)19-4/h7-8H,1-6H3,(H,16,17). The van der Waals surface area contributed by atoms with Gasteiger partial charge in [-0.2, -0.15) is 0 Å². The monoisotopic (exact) mass is 317 g/mol. The summed E-state index contributed by atoms with van der Waals surface area (Å²) in [5, 5.41) is 2.50. The lowest BCUT2D eigenvalue weighted by atomic mass is 10.2. The Morgan fingerprint density at radius 1 is 1.29 bits per heavy atom.